The van der Waals surface area contributed by atoms with Gasteiger partial charge in [-0.15, -0.1) is 0 Å². The first-order valence-electron chi connectivity index (χ1n) is 7.89. The third kappa shape index (κ3) is 9.30. The van der Waals surface area contributed by atoms with E-state index < -0.39 is 11.2 Å². The Balaban J connectivity index is 2.11. The highest BCUT2D eigenvalue weighted by Gasteiger charge is 2.19. The molecule has 4 nitrogen and oxygen atoms in total. The monoisotopic (exact) mass is 342 g/mol. The molecule has 1 unspecified atom stereocenters. The number of aliphatic carboxylic acids is 1. The number of rotatable bonds is 13. The lowest BCUT2D eigenvalue weighted by Gasteiger charge is -2.10. The van der Waals surface area contributed by atoms with Crippen LogP contribution in [0.15, 0.2) is 23.6 Å². The van der Waals surface area contributed by atoms with Crippen LogP contribution in [-0.4, -0.2) is 38.3 Å². The number of carbonyl (C=O) groups is 1. The molecule has 0 radical (unpaired) electrons. The summed E-state index contributed by atoms with van der Waals surface area (Å²) < 4.78 is 0. The third-order valence-corrected chi connectivity index (χ3v) is 5.22. The molecule has 1 aromatic rings. The Morgan fingerprint density at radius 3 is 2.27 bits per heavy atom. The zero-order valence-corrected chi connectivity index (χ0v) is 14.9. The van der Waals surface area contributed by atoms with Gasteiger partial charge in [-0.05, 0) is 30.9 Å². The fourth-order valence-corrected chi connectivity index (χ4v) is 3.54. The minimum Gasteiger partial charge on any atom is -0.480 e. The molecule has 0 spiro atoms. The Kier molecular flexibility index (Phi) is 11.2. The lowest BCUT2D eigenvalue weighted by molar-refractivity contribution is -0.136. The van der Waals surface area contributed by atoms with Crippen LogP contribution in [0.25, 0.3) is 0 Å². The predicted molar refractivity (Wildman–Crippen MR) is 94.6 cm³/mol. The van der Waals surface area contributed by atoms with E-state index in [4.69, 9.17) is 0 Å². The van der Waals surface area contributed by atoms with Crippen molar-refractivity contribution in [3.63, 3.8) is 0 Å². The summed E-state index contributed by atoms with van der Waals surface area (Å²) in [7, 11) is 0. The lowest BCUT2D eigenvalue weighted by Crippen LogP contribution is -2.16. The molecule has 1 atom stereocenters. The van der Waals surface area contributed by atoms with E-state index in [9.17, 15) is 9.90 Å². The molecule has 1 heterocycles. The number of nitrogens with zero attached hydrogens (tertiary/aromatic N) is 2. The Morgan fingerprint density at radius 1 is 1.09 bits per heavy atom. The van der Waals surface area contributed by atoms with Gasteiger partial charge >= 0.3 is 5.97 Å². The second kappa shape index (κ2) is 12.8. The van der Waals surface area contributed by atoms with Gasteiger partial charge in [0.1, 0.15) is 5.25 Å². The molecule has 0 aliphatic rings. The van der Waals surface area contributed by atoms with Crippen molar-refractivity contribution in [3.8, 4) is 0 Å². The van der Waals surface area contributed by atoms with Gasteiger partial charge in [0.25, 0.3) is 0 Å². The number of carboxylic acid groups (broad SMARTS) is 1. The molecule has 0 bridgehead atoms. The molecular weight excluding hydrogens is 316 g/mol. The number of aromatic nitrogens is 2. The van der Waals surface area contributed by atoms with Gasteiger partial charge < -0.3 is 5.11 Å². The zero-order valence-electron chi connectivity index (χ0n) is 13.2. The molecule has 0 aliphatic heterocycles. The molecule has 0 aliphatic carbocycles. The molecule has 0 aromatic carbocycles. The van der Waals surface area contributed by atoms with Crippen LogP contribution in [0.1, 0.15) is 51.4 Å². The summed E-state index contributed by atoms with van der Waals surface area (Å²) >= 11 is 3.16. The number of carboxylic acids is 1. The fourth-order valence-electron chi connectivity index (χ4n) is 2.17. The van der Waals surface area contributed by atoms with Gasteiger partial charge in [-0.1, -0.05) is 50.3 Å². The standard InChI is InChI=1S/C16H26N2O2S2/c1-21-13-8-6-4-2-3-5-7-10-14(15(19)20)22-16-17-11-9-12-18-16/h9,11-12,14H,2-8,10,13H2,1H3,(H,19,20). The largest absolute Gasteiger partial charge is 0.480 e. The van der Waals surface area contributed by atoms with Gasteiger partial charge in [0.15, 0.2) is 5.16 Å². The highest BCUT2D eigenvalue weighted by molar-refractivity contribution is 8.00. The molecule has 0 amide bonds. The lowest BCUT2D eigenvalue weighted by atomic mass is 10.1. The van der Waals surface area contributed by atoms with Crippen LogP contribution >= 0.6 is 23.5 Å². The van der Waals surface area contributed by atoms with Gasteiger partial charge in [-0.25, -0.2) is 9.97 Å². The van der Waals surface area contributed by atoms with Gasteiger partial charge in [0.05, 0.1) is 0 Å². The quantitative estimate of drug-likeness (QED) is 0.323. The van der Waals surface area contributed by atoms with Crippen LogP contribution in [0.4, 0.5) is 0 Å². The molecule has 6 heteroatoms. The normalized spacial score (nSPS) is 12.2. The second-order valence-corrected chi connectivity index (χ2v) is 7.39. The van der Waals surface area contributed by atoms with Crippen LogP contribution < -0.4 is 0 Å². The average molecular weight is 343 g/mol. The first-order chi connectivity index (χ1) is 10.7. The second-order valence-electron chi connectivity index (χ2n) is 5.23. The number of hydrogen-bond acceptors (Lipinski definition) is 5. The van der Waals surface area contributed by atoms with E-state index in [1.807, 2.05) is 11.8 Å². The molecule has 0 saturated carbocycles. The first kappa shape index (κ1) is 19.3. The highest BCUT2D eigenvalue weighted by Crippen LogP contribution is 2.24. The fraction of sp³-hybridized carbons (Fsp3) is 0.688. The van der Waals surface area contributed by atoms with Gasteiger partial charge in [-0.2, -0.15) is 11.8 Å². The van der Waals surface area contributed by atoms with Gasteiger partial charge in [0, 0.05) is 12.4 Å². The summed E-state index contributed by atoms with van der Waals surface area (Å²) in [4.78, 5) is 19.5. The van der Waals surface area contributed by atoms with Crippen LogP contribution in [-0.2, 0) is 4.79 Å². The van der Waals surface area contributed by atoms with Crippen molar-refractivity contribution in [1.29, 1.82) is 0 Å². The van der Waals surface area contributed by atoms with E-state index >= 15 is 0 Å². The van der Waals surface area contributed by atoms with E-state index in [1.165, 1.54) is 49.6 Å². The summed E-state index contributed by atoms with van der Waals surface area (Å²) in [5.41, 5.74) is 0. The van der Waals surface area contributed by atoms with Crippen molar-refractivity contribution < 1.29 is 9.90 Å². The van der Waals surface area contributed by atoms with Crippen molar-refractivity contribution in [3.05, 3.63) is 18.5 Å². The molecule has 1 rings (SSSR count). The Morgan fingerprint density at radius 2 is 1.68 bits per heavy atom. The molecule has 1 aromatic heterocycles. The van der Waals surface area contributed by atoms with E-state index in [0.29, 0.717) is 11.6 Å². The Hall–Kier alpha value is -0.750. The Bertz CT molecular complexity index is 404. The van der Waals surface area contributed by atoms with Crippen molar-refractivity contribution in [1.82, 2.24) is 9.97 Å². The van der Waals surface area contributed by atoms with Crippen molar-refractivity contribution in [2.45, 2.75) is 61.8 Å². The first-order valence-corrected chi connectivity index (χ1v) is 10.2. The van der Waals surface area contributed by atoms with Gasteiger partial charge in [0.2, 0.25) is 0 Å². The van der Waals surface area contributed by atoms with E-state index in [2.05, 4.69) is 16.2 Å². The van der Waals surface area contributed by atoms with Crippen molar-refractivity contribution in [2.24, 2.45) is 0 Å². The molecule has 0 saturated heterocycles. The number of unbranched alkanes of at least 4 members (excludes halogenated alkanes) is 6. The maximum Gasteiger partial charge on any atom is 0.317 e. The Labute approximate surface area is 141 Å². The summed E-state index contributed by atoms with van der Waals surface area (Å²) in [6.07, 6.45) is 14.6. The summed E-state index contributed by atoms with van der Waals surface area (Å²) in [5.74, 6) is 0.494. The van der Waals surface area contributed by atoms with Crippen LogP contribution in [0.5, 0.6) is 0 Å². The average Bonchev–Trinajstić information content (AvgIpc) is 2.53. The van der Waals surface area contributed by atoms with E-state index in [1.54, 1.807) is 18.5 Å². The van der Waals surface area contributed by atoms with Gasteiger partial charge in [-0.3, -0.25) is 4.79 Å². The number of hydrogen-bond donors (Lipinski definition) is 1. The smallest absolute Gasteiger partial charge is 0.317 e. The van der Waals surface area contributed by atoms with Crippen LogP contribution in [0, 0.1) is 0 Å². The SMILES string of the molecule is CSCCCCCCCCCC(Sc1ncccn1)C(=O)O. The van der Waals surface area contributed by atoms with Crippen molar-refractivity contribution >= 4 is 29.5 Å². The molecule has 22 heavy (non-hydrogen) atoms. The zero-order chi connectivity index (χ0) is 16.0. The molecule has 1 N–H and O–H groups in total. The van der Waals surface area contributed by atoms with E-state index in [-0.39, 0.29) is 0 Å². The van der Waals surface area contributed by atoms with Crippen LogP contribution in [0.2, 0.25) is 0 Å². The molecular formula is C16H26N2O2S2. The summed E-state index contributed by atoms with van der Waals surface area (Å²) in [6.45, 7) is 0. The molecule has 0 fully saturated rings. The summed E-state index contributed by atoms with van der Waals surface area (Å²) in [5, 5.41) is 9.38. The minimum absolute atomic E-state index is 0.441. The maximum absolute atomic E-state index is 11.3. The summed E-state index contributed by atoms with van der Waals surface area (Å²) in [6, 6.07) is 1.74. The molecule has 124 valence electrons. The third-order valence-electron chi connectivity index (χ3n) is 3.38. The van der Waals surface area contributed by atoms with Crippen molar-refractivity contribution in [2.75, 3.05) is 12.0 Å². The number of thioether (sulfide) groups is 2. The van der Waals surface area contributed by atoms with E-state index in [0.717, 1.165) is 12.8 Å². The topological polar surface area (TPSA) is 63.1 Å². The predicted octanol–water partition coefficient (Wildman–Crippen LogP) is 4.51. The maximum atomic E-state index is 11.3. The van der Waals surface area contributed by atoms with Crippen LogP contribution in [0.3, 0.4) is 0 Å². The minimum atomic E-state index is -0.769. The highest BCUT2D eigenvalue weighted by atomic mass is 32.2.